The number of ether oxygens (including phenoxy) is 1. The lowest BCUT2D eigenvalue weighted by molar-refractivity contribution is -0.123. The molecule has 1 aliphatic rings. The molecule has 0 aromatic heterocycles. The molecular weight excluding hydrogens is 275 g/mol. The summed E-state index contributed by atoms with van der Waals surface area (Å²) in [7, 11) is 0. The maximum absolute atomic E-state index is 13.2. The van der Waals surface area contributed by atoms with E-state index in [9.17, 15) is 14.0 Å². The number of halogens is 1. The zero-order valence-electron chi connectivity index (χ0n) is 12.0. The van der Waals surface area contributed by atoms with Gasteiger partial charge in [-0.3, -0.25) is 9.59 Å². The van der Waals surface area contributed by atoms with Crippen molar-refractivity contribution in [3.63, 3.8) is 0 Å². The van der Waals surface area contributed by atoms with E-state index in [1.807, 2.05) is 0 Å². The fraction of sp³-hybridized carbons (Fsp3) is 0.467. The average Bonchev–Trinajstić information content (AvgIpc) is 2.95. The molecule has 114 valence electrons. The molecule has 1 fully saturated rings. The van der Waals surface area contributed by atoms with Gasteiger partial charge in [0, 0.05) is 25.8 Å². The molecule has 0 aliphatic carbocycles. The van der Waals surface area contributed by atoms with E-state index in [0.29, 0.717) is 12.2 Å². The topological polar surface area (TPSA) is 58.6 Å². The first-order chi connectivity index (χ1) is 10.1. The molecule has 1 heterocycles. The van der Waals surface area contributed by atoms with E-state index in [1.165, 1.54) is 30.0 Å². The maximum atomic E-state index is 13.2. The van der Waals surface area contributed by atoms with Crippen LogP contribution in [-0.4, -0.2) is 37.6 Å². The van der Waals surface area contributed by atoms with Crippen molar-refractivity contribution in [1.82, 2.24) is 5.32 Å². The first kappa shape index (κ1) is 15.4. The number of rotatable bonds is 5. The minimum absolute atomic E-state index is 0.0499. The third-order valence-electron chi connectivity index (χ3n) is 3.35. The Hall–Kier alpha value is -1.95. The summed E-state index contributed by atoms with van der Waals surface area (Å²) in [5.41, 5.74) is 0.370. The van der Waals surface area contributed by atoms with E-state index >= 15 is 0 Å². The molecule has 6 heteroatoms. The van der Waals surface area contributed by atoms with Gasteiger partial charge in [0.25, 0.3) is 0 Å². The third-order valence-corrected chi connectivity index (χ3v) is 3.35. The number of amides is 2. The first-order valence-electron chi connectivity index (χ1n) is 6.98. The number of hydrogen-bond acceptors (Lipinski definition) is 3. The van der Waals surface area contributed by atoms with E-state index in [4.69, 9.17) is 4.74 Å². The van der Waals surface area contributed by atoms with E-state index in [-0.39, 0.29) is 24.5 Å². The Labute approximate surface area is 123 Å². The molecular formula is C15H19FN2O3. The molecule has 1 aromatic carbocycles. The van der Waals surface area contributed by atoms with Crippen molar-refractivity contribution in [3.05, 3.63) is 30.1 Å². The van der Waals surface area contributed by atoms with Crippen LogP contribution in [0.2, 0.25) is 0 Å². The van der Waals surface area contributed by atoms with Crippen molar-refractivity contribution in [2.24, 2.45) is 0 Å². The van der Waals surface area contributed by atoms with Crippen molar-refractivity contribution in [2.45, 2.75) is 25.9 Å². The number of anilines is 1. The largest absolute Gasteiger partial charge is 0.376 e. The maximum Gasteiger partial charge on any atom is 0.240 e. The molecule has 5 nitrogen and oxygen atoms in total. The van der Waals surface area contributed by atoms with Crippen molar-refractivity contribution in [1.29, 1.82) is 0 Å². The summed E-state index contributed by atoms with van der Waals surface area (Å²) in [6.45, 7) is 2.38. The van der Waals surface area contributed by atoms with Gasteiger partial charge in [0.2, 0.25) is 11.8 Å². The van der Waals surface area contributed by atoms with Gasteiger partial charge in [0.15, 0.2) is 0 Å². The summed E-state index contributed by atoms with van der Waals surface area (Å²) >= 11 is 0. The molecule has 0 bridgehead atoms. The monoisotopic (exact) mass is 294 g/mol. The van der Waals surface area contributed by atoms with Crippen molar-refractivity contribution >= 4 is 17.5 Å². The van der Waals surface area contributed by atoms with Gasteiger partial charge in [0.05, 0.1) is 6.10 Å². The first-order valence-corrected chi connectivity index (χ1v) is 6.98. The summed E-state index contributed by atoms with van der Waals surface area (Å²) in [5.74, 6) is -1.05. The lowest BCUT2D eigenvalue weighted by Gasteiger charge is -2.21. The molecule has 1 saturated heterocycles. The number of carbonyl (C=O) groups is 2. The van der Waals surface area contributed by atoms with Gasteiger partial charge in [-0.1, -0.05) is 6.07 Å². The number of nitrogens with one attached hydrogen (secondary N) is 1. The predicted molar refractivity (Wildman–Crippen MR) is 76.4 cm³/mol. The van der Waals surface area contributed by atoms with Gasteiger partial charge in [-0.2, -0.15) is 0 Å². The van der Waals surface area contributed by atoms with Crippen molar-refractivity contribution in [3.8, 4) is 0 Å². The number of benzene rings is 1. The second-order valence-corrected chi connectivity index (χ2v) is 5.02. The highest BCUT2D eigenvalue weighted by atomic mass is 19.1. The minimum Gasteiger partial charge on any atom is -0.376 e. The van der Waals surface area contributed by atoms with Crippen LogP contribution < -0.4 is 10.2 Å². The lowest BCUT2D eigenvalue weighted by atomic mass is 10.2. The predicted octanol–water partition coefficient (Wildman–Crippen LogP) is 1.47. The molecule has 21 heavy (non-hydrogen) atoms. The van der Waals surface area contributed by atoms with Crippen LogP contribution >= 0.6 is 0 Å². The minimum atomic E-state index is -0.446. The van der Waals surface area contributed by atoms with Gasteiger partial charge in [-0.05, 0) is 31.0 Å². The summed E-state index contributed by atoms with van der Waals surface area (Å²) in [6.07, 6.45) is 1.98. The Morgan fingerprint density at radius 3 is 2.90 bits per heavy atom. The van der Waals surface area contributed by atoms with E-state index < -0.39 is 5.82 Å². The standard InChI is InChI=1S/C15H19FN2O3/c1-11(19)18(13-5-2-4-12(16)8-13)10-15(20)17-9-14-6-3-7-21-14/h2,4-5,8,14H,3,6-7,9-10H2,1H3,(H,17,20). The summed E-state index contributed by atoms with van der Waals surface area (Å²) in [5, 5.41) is 2.74. The molecule has 2 rings (SSSR count). The van der Waals surface area contributed by atoms with E-state index in [2.05, 4.69) is 5.32 Å². The van der Waals surface area contributed by atoms with Gasteiger partial charge < -0.3 is 15.0 Å². The SMILES string of the molecule is CC(=O)N(CC(=O)NCC1CCCO1)c1cccc(F)c1. The zero-order chi connectivity index (χ0) is 15.2. The quantitative estimate of drug-likeness (QED) is 0.894. The molecule has 1 aromatic rings. The van der Waals surface area contributed by atoms with Crippen LogP contribution in [0.25, 0.3) is 0 Å². The highest BCUT2D eigenvalue weighted by molar-refractivity contribution is 5.97. The third kappa shape index (κ3) is 4.53. The zero-order valence-corrected chi connectivity index (χ0v) is 12.0. The van der Waals surface area contributed by atoms with Gasteiger partial charge in [-0.25, -0.2) is 4.39 Å². The Morgan fingerprint density at radius 2 is 2.29 bits per heavy atom. The smallest absolute Gasteiger partial charge is 0.240 e. The molecule has 0 radical (unpaired) electrons. The molecule has 2 amide bonds. The highest BCUT2D eigenvalue weighted by Crippen LogP contribution is 2.15. The molecule has 0 saturated carbocycles. The molecule has 0 spiro atoms. The van der Waals surface area contributed by atoms with Crippen LogP contribution in [-0.2, 0) is 14.3 Å². The van der Waals surface area contributed by atoms with Crippen LogP contribution in [0, 0.1) is 5.82 Å². The van der Waals surface area contributed by atoms with Gasteiger partial charge >= 0.3 is 0 Å². The Kier molecular flexibility index (Phi) is 5.27. The lowest BCUT2D eigenvalue weighted by Crippen LogP contribution is -2.42. The Bertz CT molecular complexity index is 515. The summed E-state index contributed by atoms with van der Waals surface area (Å²) in [6, 6.07) is 5.62. The number of hydrogen-bond donors (Lipinski definition) is 1. The van der Waals surface area contributed by atoms with Crippen LogP contribution in [0.3, 0.4) is 0 Å². The second kappa shape index (κ2) is 7.17. The number of nitrogens with zero attached hydrogens (tertiary/aromatic N) is 1. The Morgan fingerprint density at radius 1 is 1.48 bits per heavy atom. The van der Waals surface area contributed by atoms with E-state index in [0.717, 1.165) is 19.4 Å². The van der Waals surface area contributed by atoms with E-state index in [1.54, 1.807) is 6.07 Å². The fourth-order valence-corrected chi connectivity index (χ4v) is 2.26. The second-order valence-electron chi connectivity index (χ2n) is 5.02. The van der Waals surface area contributed by atoms with Crippen LogP contribution in [0.15, 0.2) is 24.3 Å². The number of carbonyl (C=O) groups excluding carboxylic acids is 2. The van der Waals surface area contributed by atoms with Crippen LogP contribution in [0.1, 0.15) is 19.8 Å². The normalized spacial score (nSPS) is 17.5. The molecule has 1 atom stereocenters. The molecule has 1 aliphatic heterocycles. The van der Waals surface area contributed by atoms with Crippen LogP contribution in [0.4, 0.5) is 10.1 Å². The Balaban J connectivity index is 1.92. The average molecular weight is 294 g/mol. The summed E-state index contributed by atoms with van der Waals surface area (Å²) in [4.78, 5) is 24.8. The van der Waals surface area contributed by atoms with Crippen LogP contribution in [0.5, 0.6) is 0 Å². The summed E-state index contributed by atoms with van der Waals surface area (Å²) < 4.78 is 18.6. The van der Waals surface area contributed by atoms with Gasteiger partial charge in [0.1, 0.15) is 12.4 Å². The van der Waals surface area contributed by atoms with Crippen molar-refractivity contribution < 1.29 is 18.7 Å². The van der Waals surface area contributed by atoms with Crippen molar-refractivity contribution in [2.75, 3.05) is 24.6 Å². The molecule has 1 N–H and O–H groups in total. The fourth-order valence-electron chi connectivity index (χ4n) is 2.26. The highest BCUT2D eigenvalue weighted by Gasteiger charge is 2.19. The molecule has 1 unspecified atom stereocenters. The van der Waals surface area contributed by atoms with Gasteiger partial charge in [-0.15, -0.1) is 0 Å².